The average Bonchev–Trinajstić information content (AvgIpc) is 1.88. The molecule has 0 aromatic rings. The molecule has 58 valence electrons. The summed E-state index contributed by atoms with van der Waals surface area (Å²) in [6.07, 6.45) is 0.530. The molecule has 0 bridgehead atoms. The van der Waals surface area contributed by atoms with Gasteiger partial charge in [0.15, 0.2) is 6.10 Å². The molecule has 0 aromatic heterocycles. The highest BCUT2D eigenvalue weighted by Crippen LogP contribution is 2.11. The zero-order chi connectivity index (χ0) is 7.56. The summed E-state index contributed by atoms with van der Waals surface area (Å²) in [5, 5.41) is 8.48. The van der Waals surface area contributed by atoms with Crippen molar-refractivity contribution in [1.82, 2.24) is 0 Å². The Morgan fingerprint density at radius 1 is 1.70 bits per heavy atom. The second-order valence-electron chi connectivity index (χ2n) is 2.48. The van der Waals surface area contributed by atoms with Gasteiger partial charge in [-0.3, -0.25) is 0 Å². The lowest BCUT2D eigenvalue weighted by molar-refractivity contribution is -0.153. The monoisotopic (exact) mass is 145 g/mol. The maximum atomic E-state index is 10.3. The van der Waals surface area contributed by atoms with Gasteiger partial charge in [0.2, 0.25) is 0 Å². The number of ether oxygens (including phenoxy) is 1. The first-order valence-corrected chi connectivity index (χ1v) is 3.30. The highest BCUT2D eigenvalue weighted by atomic mass is 16.5. The molecule has 1 saturated heterocycles. The number of hydrogen-bond acceptors (Lipinski definition) is 3. The molecule has 2 unspecified atom stereocenters. The Balaban J connectivity index is 2.39. The van der Waals surface area contributed by atoms with Gasteiger partial charge in [0, 0.05) is 12.6 Å². The van der Waals surface area contributed by atoms with Crippen LogP contribution in [0.1, 0.15) is 12.8 Å². The Morgan fingerprint density at radius 2 is 2.40 bits per heavy atom. The van der Waals surface area contributed by atoms with Crippen LogP contribution in [0.15, 0.2) is 0 Å². The van der Waals surface area contributed by atoms with Gasteiger partial charge in [-0.15, -0.1) is 0 Å². The van der Waals surface area contributed by atoms with Crippen molar-refractivity contribution in [3.05, 3.63) is 0 Å². The van der Waals surface area contributed by atoms with Crippen molar-refractivity contribution in [1.29, 1.82) is 0 Å². The molecule has 1 rings (SSSR count). The molecule has 1 heterocycles. The number of carbonyl (C=O) groups is 1. The summed E-state index contributed by atoms with van der Waals surface area (Å²) >= 11 is 0. The van der Waals surface area contributed by atoms with Crippen LogP contribution < -0.4 is 5.73 Å². The lowest BCUT2D eigenvalue weighted by Gasteiger charge is -2.23. The maximum absolute atomic E-state index is 10.3. The van der Waals surface area contributed by atoms with E-state index in [1.165, 1.54) is 0 Å². The maximum Gasteiger partial charge on any atom is 0.332 e. The van der Waals surface area contributed by atoms with Crippen LogP contribution in [-0.4, -0.2) is 29.8 Å². The summed E-state index contributed by atoms with van der Waals surface area (Å²) in [5.74, 6) is -0.907. The molecule has 10 heavy (non-hydrogen) atoms. The van der Waals surface area contributed by atoms with Crippen molar-refractivity contribution in [2.75, 3.05) is 6.61 Å². The minimum Gasteiger partial charge on any atom is -0.479 e. The lowest BCUT2D eigenvalue weighted by Crippen LogP contribution is -2.38. The molecule has 0 amide bonds. The smallest absolute Gasteiger partial charge is 0.332 e. The van der Waals surface area contributed by atoms with Gasteiger partial charge in [-0.05, 0) is 12.8 Å². The molecule has 4 nitrogen and oxygen atoms in total. The number of aliphatic carboxylic acids is 1. The minimum absolute atomic E-state index is 0.00477. The van der Waals surface area contributed by atoms with Crippen LogP contribution in [0.5, 0.6) is 0 Å². The van der Waals surface area contributed by atoms with E-state index < -0.39 is 12.1 Å². The molecule has 2 atom stereocenters. The van der Waals surface area contributed by atoms with Gasteiger partial charge in [-0.25, -0.2) is 4.79 Å². The molecule has 0 spiro atoms. The van der Waals surface area contributed by atoms with Crippen LogP contribution in [0.3, 0.4) is 0 Å². The zero-order valence-electron chi connectivity index (χ0n) is 5.62. The number of nitrogens with two attached hydrogens (primary N) is 1. The van der Waals surface area contributed by atoms with Gasteiger partial charge in [0.05, 0.1) is 0 Å². The Hall–Kier alpha value is -0.610. The van der Waals surface area contributed by atoms with Crippen molar-refractivity contribution < 1.29 is 14.6 Å². The first-order valence-electron chi connectivity index (χ1n) is 3.30. The van der Waals surface area contributed by atoms with Crippen LogP contribution in [0.4, 0.5) is 0 Å². The predicted molar refractivity (Wildman–Crippen MR) is 34.6 cm³/mol. The van der Waals surface area contributed by atoms with Gasteiger partial charge in [0.25, 0.3) is 0 Å². The van der Waals surface area contributed by atoms with E-state index in [2.05, 4.69) is 0 Å². The van der Waals surface area contributed by atoms with Crippen molar-refractivity contribution in [3.8, 4) is 0 Å². The lowest BCUT2D eigenvalue weighted by atomic mass is 10.0. The molecular weight excluding hydrogens is 134 g/mol. The third-order valence-electron chi connectivity index (χ3n) is 1.60. The molecule has 0 aromatic carbocycles. The normalized spacial score (nSPS) is 33.7. The van der Waals surface area contributed by atoms with E-state index in [4.69, 9.17) is 15.6 Å². The summed E-state index contributed by atoms with van der Waals surface area (Å²) < 4.78 is 4.93. The second kappa shape index (κ2) is 2.98. The van der Waals surface area contributed by atoms with Crippen molar-refractivity contribution in [2.45, 2.75) is 25.0 Å². The largest absolute Gasteiger partial charge is 0.479 e. The Kier molecular flexibility index (Phi) is 2.24. The Labute approximate surface area is 59.0 Å². The summed E-state index contributed by atoms with van der Waals surface area (Å²) in [6.45, 7) is 0.470. The van der Waals surface area contributed by atoms with Gasteiger partial charge >= 0.3 is 5.97 Å². The standard InChI is InChI=1S/C6H11NO3/c7-4-1-2-10-5(3-4)6(8)9/h4-5H,1-3,7H2,(H,8,9). The molecule has 1 aliphatic heterocycles. The molecule has 1 aliphatic rings. The number of hydrogen-bond donors (Lipinski definition) is 2. The van der Waals surface area contributed by atoms with Gasteiger partial charge in [0.1, 0.15) is 0 Å². The summed E-state index contributed by atoms with van der Waals surface area (Å²) in [7, 11) is 0. The number of carboxylic acid groups (broad SMARTS) is 1. The summed E-state index contributed by atoms with van der Waals surface area (Å²) in [6, 6.07) is -0.00477. The highest BCUT2D eigenvalue weighted by Gasteiger charge is 2.25. The Bertz CT molecular complexity index is 137. The average molecular weight is 145 g/mol. The molecule has 3 N–H and O–H groups in total. The van der Waals surface area contributed by atoms with Crippen LogP contribution in [0, 0.1) is 0 Å². The molecule has 0 aliphatic carbocycles. The highest BCUT2D eigenvalue weighted by molar-refractivity contribution is 5.72. The van der Waals surface area contributed by atoms with E-state index in [0.717, 1.165) is 6.42 Å². The van der Waals surface area contributed by atoms with E-state index >= 15 is 0 Å². The third kappa shape index (κ3) is 1.68. The topological polar surface area (TPSA) is 72.5 Å². The van der Waals surface area contributed by atoms with Crippen molar-refractivity contribution in [3.63, 3.8) is 0 Å². The van der Waals surface area contributed by atoms with E-state index in [0.29, 0.717) is 13.0 Å². The van der Waals surface area contributed by atoms with Crippen molar-refractivity contribution >= 4 is 5.97 Å². The fourth-order valence-electron chi connectivity index (χ4n) is 0.995. The SMILES string of the molecule is NC1CCOC(C(=O)O)C1. The van der Waals surface area contributed by atoms with E-state index in [-0.39, 0.29) is 6.04 Å². The number of rotatable bonds is 1. The van der Waals surface area contributed by atoms with Crippen LogP contribution in [0.25, 0.3) is 0 Å². The predicted octanol–water partition coefficient (Wildman–Crippen LogP) is -0.423. The van der Waals surface area contributed by atoms with Crippen LogP contribution in [-0.2, 0) is 9.53 Å². The van der Waals surface area contributed by atoms with Gasteiger partial charge in [-0.2, -0.15) is 0 Å². The van der Waals surface area contributed by atoms with E-state index in [9.17, 15) is 4.79 Å². The third-order valence-corrected chi connectivity index (χ3v) is 1.60. The summed E-state index contributed by atoms with van der Waals surface area (Å²) in [5.41, 5.74) is 5.52. The van der Waals surface area contributed by atoms with E-state index in [1.54, 1.807) is 0 Å². The van der Waals surface area contributed by atoms with Crippen LogP contribution in [0.2, 0.25) is 0 Å². The molecule has 4 heteroatoms. The minimum atomic E-state index is -0.907. The first kappa shape index (κ1) is 7.50. The fraction of sp³-hybridized carbons (Fsp3) is 0.833. The Morgan fingerprint density at radius 3 is 2.80 bits per heavy atom. The molecule has 0 radical (unpaired) electrons. The van der Waals surface area contributed by atoms with Crippen molar-refractivity contribution in [2.24, 2.45) is 5.73 Å². The van der Waals surface area contributed by atoms with E-state index in [1.807, 2.05) is 0 Å². The summed E-state index contributed by atoms with van der Waals surface area (Å²) in [4.78, 5) is 10.3. The quantitative estimate of drug-likeness (QED) is 0.525. The zero-order valence-corrected chi connectivity index (χ0v) is 5.62. The fourth-order valence-corrected chi connectivity index (χ4v) is 0.995. The number of carboxylic acids is 1. The first-order chi connectivity index (χ1) is 4.70. The van der Waals surface area contributed by atoms with Gasteiger partial charge in [-0.1, -0.05) is 0 Å². The van der Waals surface area contributed by atoms with Crippen LogP contribution >= 0.6 is 0 Å². The molecular formula is C6H11NO3. The van der Waals surface area contributed by atoms with Gasteiger partial charge < -0.3 is 15.6 Å². The second-order valence-corrected chi connectivity index (χ2v) is 2.48. The molecule has 0 saturated carbocycles. The molecule has 1 fully saturated rings.